The molecule has 23 heavy (non-hydrogen) atoms. The fourth-order valence-electron chi connectivity index (χ4n) is 1.98. The summed E-state index contributed by atoms with van der Waals surface area (Å²) in [6.45, 7) is 0.581. The molecule has 3 aromatic heterocycles. The van der Waals surface area contributed by atoms with Gasteiger partial charge in [-0.1, -0.05) is 22.9 Å². The first-order valence-corrected chi connectivity index (χ1v) is 9.09. The molecule has 0 saturated heterocycles. The summed E-state index contributed by atoms with van der Waals surface area (Å²) in [5.41, 5.74) is 0. The van der Waals surface area contributed by atoms with E-state index in [4.69, 9.17) is 16.0 Å². The number of anilines is 1. The van der Waals surface area contributed by atoms with E-state index in [1.54, 1.807) is 12.3 Å². The fraction of sp³-hybridized carbons (Fsp3) is 0.286. The van der Waals surface area contributed by atoms with Gasteiger partial charge in [-0.05, 0) is 36.7 Å². The summed E-state index contributed by atoms with van der Waals surface area (Å²) in [6.07, 6.45) is 3.93. The molecule has 1 saturated carbocycles. The van der Waals surface area contributed by atoms with Crippen molar-refractivity contribution in [1.82, 2.24) is 20.2 Å². The lowest BCUT2D eigenvalue weighted by molar-refractivity contribution is 0.518. The summed E-state index contributed by atoms with van der Waals surface area (Å²) in [5.74, 6) is 2.15. The van der Waals surface area contributed by atoms with Crippen LogP contribution >= 0.6 is 34.7 Å². The summed E-state index contributed by atoms with van der Waals surface area (Å²) < 4.78 is 6.08. The summed E-state index contributed by atoms with van der Waals surface area (Å²) in [4.78, 5) is 8.84. The van der Waals surface area contributed by atoms with Crippen LogP contribution in [0.25, 0.3) is 0 Å². The second-order valence-corrected chi connectivity index (χ2v) is 7.70. The van der Waals surface area contributed by atoms with Gasteiger partial charge in [0.05, 0.1) is 12.8 Å². The van der Waals surface area contributed by atoms with Crippen LogP contribution in [0.2, 0.25) is 5.15 Å². The molecule has 1 fully saturated rings. The number of hydrogen-bond acceptors (Lipinski definition) is 8. The Morgan fingerprint density at radius 3 is 3.04 bits per heavy atom. The van der Waals surface area contributed by atoms with E-state index in [2.05, 4.69) is 25.5 Å². The first-order valence-electron chi connectivity index (χ1n) is 7.08. The van der Waals surface area contributed by atoms with Crippen molar-refractivity contribution in [2.75, 3.05) is 5.32 Å². The van der Waals surface area contributed by atoms with Crippen molar-refractivity contribution in [3.63, 3.8) is 0 Å². The van der Waals surface area contributed by atoms with Gasteiger partial charge >= 0.3 is 0 Å². The molecule has 0 amide bonds. The third-order valence-electron chi connectivity index (χ3n) is 3.22. The molecule has 0 atom stereocenters. The average Bonchev–Trinajstić information content (AvgIpc) is 3.07. The molecule has 6 nitrogen and oxygen atoms in total. The lowest BCUT2D eigenvalue weighted by atomic mass is 10.4. The highest BCUT2D eigenvalue weighted by atomic mass is 35.5. The van der Waals surface area contributed by atoms with Gasteiger partial charge in [0.2, 0.25) is 5.13 Å². The van der Waals surface area contributed by atoms with E-state index in [1.807, 2.05) is 12.1 Å². The summed E-state index contributed by atoms with van der Waals surface area (Å²) >= 11 is 9.00. The Hall–Kier alpha value is -1.64. The van der Waals surface area contributed by atoms with Gasteiger partial charge in [-0.2, -0.15) is 0 Å². The zero-order chi connectivity index (χ0) is 15.6. The molecule has 4 rings (SSSR count). The maximum Gasteiger partial charge on any atom is 0.206 e. The lowest BCUT2D eigenvalue weighted by Crippen LogP contribution is -1.96. The Kier molecular flexibility index (Phi) is 4.19. The maximum absolute atomic E-state index is 6.08. The number of furan rings is 1. The topological polar surface area (TPSA) is 76.7 Å². The minimum atomic E-state index is 0.466. The van der Waals surface area contributed by atoms with Crippen LogP contribution in [-0.4, -0.2) is 20.2 Å². The molecular weight excluding hydrogens is 354 g/mol. The van der Waals surface area contributed by atoms with Crippen molar-refractivity contribution in [2.45, 2.75) is 34.7 Å². The molecule has 3 heterocycles. The zero-order valence-corrected chi connectivity index (χ0v) is 14.3. The van der Waals surface area contributed by atoms with E-state index < -0.39 is 0 Å². The van der Waals surface area contributed by atoms with E-state index in [1.165, 1.54) is 23.1 Å². The van der Waals surface area contributed by atoms with Gasteiger partial charge in [-0.25, -0.2) is 9.97 Å². The molecule has 9 heteroatoms. The summed E-state index contributed by atoms with van der Waals surface area (Å²) in [5, 5.41) is 13.5. The van der Waals surface area contributed by atoms with Crippen LogP contribution in [0.4, 0.5) is 5.13 Å². The second-order valence-electron chi connectivity index (χ2n) is 5.07. The number of halogens is 1. The molecule has 1 aliphatic carbocycles. The van der Waals surface area contributed by atoms with Gasteiger partial charge in [0.15, 0.2) is 4.34 Å². The monoisotopic (exact) mass is 365 g/mol. The van der Waals surface area contributed by atoms with Gasteiger partial charge in [0.1, 0.15) is 21.8 Å². The van der Waals surface area contributed by atoms with Crippen LogP contribution in [0.1, 0.15) is 30.3 Å². The zero-order valence-electron chi connectivity index (χ0n) is 11.9. The Balaban J connectivity index is 1.43. The molecule has 0 unspecified atom stereocenters. The number of aromatic nitrogens is 4. The van der Waals surface area contributed by atoms with Crippen molar-refractivity contribution in [3.8, 4) is 0 Å². The maximum atomic E-state index is 6.08. The number of nitrogens with one attached hydrogen (secondary N) is 1. The first-order chi connectivity index (χ1) is 11.3. The van der Waals surface area contributed by atoms with E-state index in [-0.39, 0.29) is 0 Å². The molecule has 1 aliphatic rings. The van der Waals surface area contributed by atoms with Gasteiger partial charge in [-0.3, -0.25) is 0 Å². The van der Waals surface area contributed by atoms with Gasteiger partial charge in [-0.15, -0.1) is 10.2 Å². The Morgan fingerprint density at radius 1 is 1.35 bits per heavy atom. The molecule has 0 spiro atoms. The summed E-state index contributed by atoms with van der Waals surface area (Å²) in [7, 11) is 0. The van der Waals surface area contributed by atoms with E-state index in [0.717, 1.165) is 38.9 Å². The number of rotatable bonds is 6. The van der Waals surface area contributed by atoms with Crippen LogP contribution in [-0.2, 0) is 6.54 Å². The highest BCUT2D eigenvalue weighted by Crippen LogP contribution is 2.40. The van der Waals surface area contributed by atoms with Crippen molar-refractivity contribution < 1.29 is 4.42 Å². The molecule has 0 aliphatic heterocycles. The second kappa shape index (κ2) is 6.46. The Bertz CT molecular complexity index is 803. The minimum absolute atomic E-state index is 0.466. The highest BCUT2D eigenvalue weighted by Gasteiger charge is 2.27. The molecule has 1 N–H and O–H groups in total. The predicted molar refractivity (Wildman–Crippen MR) is 89.1 cm³/mol. The Morgan fingerprint density at radius 2 is 2.26 bits per heavy atom. The third kappa shape index (κ3) is 3.82. The van der Waals surface area contributed by atoms with Crippen molar-refractivity contribution in [2.24, 2.45) is 0 Å². The molecule has 0 bridgehead atoms. The van der Waals surface area contributed by atoms with Crippen LogP contribution in [0, 0.1) is 0 Å². The van der Waals surface area contributed by atoms with Crippen LogP contribution < -0.4 is 5.32 Å². The third-order valence-corrected chi connectivity index (χ3v) is 5.27. The lowest BCUT2D eigenvalue weighted by Gasteiger charge is -2.01. The van der Waals surface area contributed by atoms with Gasteiger partial charge in [0.25, 0.3) is 0 Å². The molecule has 118 valence electrons. The quantitative estimate of drug-likeness (QED) is 0.655. The first kappa shape index (κ1) is 14.9. The molecule has 3 aromatic rings. The molecule has 0 radical (unpaired) electrons. The smallest absolute Gasteiger partial charge is 0.206 e. The van der Waals surface area contributed by atoms with Crippen LogP contribution in [0.15, 0.2) is 38.2 Å². The SMILES string of the molecule is Clc1cc(Sc2nnc(NCc3ccco3)s2)nc(C2CC2)n1. The predicted octanol–water partition coefficient (Wildman–Crippen LogP) is 4.22. The number of nitrogens with zero attached hydrogens (tertiary/aromatic N) is 4. The van der Waals surface area contributed by atoms with Crippen LogP contribution in [0.5, 0.6) is 0 Å². The van der Waals surface area contributed by atoms with Gasteiger partial charge < -0.3 is 9.73 Å². The fourth-order valence-corrected chi connectivity index (χ4v) is 3.94. The highest BCUT2D eigenvalue weighted by molar-refractivity contribution is 8.01. The average molecular weight is 366 g/mol. The largest absolute Gasteiger partial charge is 0.467 e. The van der Waals surface area contributed by atoms with Crippen molar-refractivity contribution in [1.29, 1.82) is 0 Å². The minimum Gasteiger partial charge on any atom is -0.467 e. The molecular formula is C14H12ClN5OS2. The van der Waals surface area contributed by atoms with E-state index in [9.17, 15) is 0 Å². The van der Waals surface area contributed by atoms with E-state index in [0.29, 0.717) is 17.6 Å². The summed E-state index contributed by atoms with van der Waals surface area (Å²) in [6, 6.07) is 5.52. The van der Waals surface area contributed by atoms with E-state index >= 15 is 0 Å². The van der Waals surface area contributed by atoms with Crippen molar-refractivity contribution >= 4 is 39.8 Å². The van der Waals surface area contributed by atoms with Crippen LogP contribution in [0.3, 0.4) is 0 Å². The number of hydrogen-bond donors (Lipinski definition) is 1. The van der Waals surface area contributed by atoms with Gasteiger partial charge in [0, 0.05) is 12.0 Å². The molecule has 0 aromatic carbocycles. The normalized spacial score (nSPS) is 14.1. The Labute approximate surface area is 145 Å². The van der Waals surface area contributed by atoms with Crippen molar-refractivity contribution in [3.05, 3.63) is 41.2 Å². The standard InChI is InChI=1S/C14H12ClN5OS2/c15-10-6-11(18-12(17-10)8-3-4-8)22-14-20-19-13(23-14)16-7-9-2-1-5-21-9/h1-2,5-6,8H,3-4,7H2,(H,16,19).